The predicted molar refractivity (Wildman–Crippen MR) is 45.5 cm³/mol. The minimum Gasteiger partial charge on any atom is -0.337 e. The van der Waals surface area contributed by atoms with Gasteiger partial charge in [0.2, 0.25) is 5.91 Å². The van der Waals surface area contributed by atoms with Gasteiger partial charge in [-0.3, -0.25) is 4.79 Å². The van der Waals surface area contributed by atoms with Crippen LogP contribution in [0.15, 0.2) is 11.6 Å². The van der Waals surface area contributed by atoms with Crippen LogP contribution in [0.4, 0.5) is 0 Å². The van der Waals surface area contributed by atoms with Crippen LogP contribution in [0.3, 0.4) is 0 Å². The van der Waals surface area contributed by atoms with Crippen molar-refractivity contribution in [3.63, 3.8) is 0 Å². The number of hydrogen-bond donors (Lipinski definition) is 1. The Kier molecular flexibility index (Phi) is 1.83. The first-order chi connectivity index (χ1) is 5.36. The maximum Gasteiger partial charge on any atom is 0.231 e. The number of thioether (sulfide) groups is 1. The number of thiazole rings is 1. The van der Waals surface area contributed by atoms with Gasteiger partial charge < -0.3 is 5.32 Å². The molecule has 0 saturated carbocycles. The van der Waals surface area contributed by atoms with Crippen molar-refractivity contribution in [1.29, 1.82) is 0 Å². The summed E-state index contributed by atoms with van der Waals surface area (Å²) in [5, 5.41) is 5.83. The van der Waals surface area contributed by atoms with Crippen LogP contribution >= 0.6 is 23.1 Å². The molecule has 3 nitrogen and oxygen atoms in total. The van der Waals surface area contributed by atoms with Crippen molar-refractivity contribution in [2.45, 2.75) is 5.37 Å². The monoisotopic (exact) mass is 186 g/mol. The van der Waals surface area contributed by atoms with Crippen molar-refractivity contribution in [3.8, 4) is 0 Å². The normalized spacial score (nSPS) is 23.6. The zero-order chi connectivity index (χ0) is 7.68. The Morgan fingerprint density at radius 2 is 2.64 bits per heavy atom. The zero-order valence-electron chi connectivity index (χ0n) is 5.61. The van der Waals surface area contributed by atoms with E-state index < -0.39 is 0 Å². The quantitative estimate of drug-likeness (QED) is 0.711. The third-order valence-electron chi connectivity index (χ3n) is 1.35. The Morgan fingerprint density at radius 1 is 1.73 bits per heavy atom. The summed E-state index contributed by atoms with van der Waals surface area (Å²) in [7, 11) is 0. The van der Waals surface area contributed by atoms with Gasteiger partial charge in [0.15, 0.2) is 0 Å². The summed E-state index contributed by atoms with van der Waals surface area (Å²) in [4.78, 5) is 14.9. The molecule has 5 heteroatoms. The molecule has 1 atom stereocenters. The summed E-state index contributed by atoms with van der Waals surface area (Å²) in [6.07, 6.45) is 1.75. The lowest BCUT2D eigenvalue weighted by atomic mass is 10.6. The number of carbonyl (C=O) groups is 1. The van der Waals surface area contributed by atoms with Gasteiger partial charge in [-0.05, 0) is 0 Å². The van der Waals surface area contributed by atoms with E-state index in [9.17, 15) is 4.79 Å². The highest BCUT2D eigenvalue weighted by Gasteiger charge is 2.24. The van der Waals surface area contributed by atoms with Crippen LogP contribution < -0.4 is 5.32 Å². The smallest absolute Gasteiger partial charge is 0.231 e. The van der Waals surface area contributed by atoms with Gasteiger partial charge in [-0.25, -0.2) is 4.98 Å². The molecular formula is C6H6N2OS2. The molecule has 0 aromatic carbocycles. The predicted octanol–water partition coefficient (Wildman–Crippen LogP) is 1.00. The topological polar surface area (TPSA) is 42.0 Å². The summed E-state index contributed by atoms with van der Waals surface area (Å²) in [6.45, 7) is 0. The highest BCUT2D eigenvalue weighted by Crippen LogP contribution is 2.31. The summed E-state index contributed by atoms with van der Waals surface area (Å²) in [5.74, 6) is 0.666. The second-order valence-electron chi connectivity index (χ2n) is 2.13. The first-order valence-corrected chi connectivity index (χ1v) is 5.09. The van der Waals surface area contributed by atoms with Crippen LogP contribution in [0.25, 0.3) is 0 Å². The molecule has 1 saturated heterocycles. The molecular weight excluding hydrogens is 180 g/mol. The van der Waals surface area contributed by atoms with E-state index in [1.54, 1.807) is 29.3 Å². The molecule has 1 aliphatic rings. The van der Waals surface area contributed by atoms with Crippen LogP contribution in [-0.2, 0) is 4.79 Å². The summed E-state index contributed by atoms with van der Waals surface area (Å²) in [6, 6.07) is 0. The maximum atomic E-state index is 10.8. The summed E-state index contributed by atoms with van der Waals surface area (Å²) in [5.41, 5.74) is 0. The van der Waals surface area contributed by atoms with Gasteiger partial charge in [-0.15, -0.1) is 23.1 Å². The molecule has 0 radical (unpaired) electrons. The number of carbonyl (C=O) groups excluding carboxylic acids is 1. The molecule has 0 aliphatic carbocycles. The first kappa shape index (κ1) is 7.12. The number of nitrogens with one attached hydrogen (secondary N) is 1. The molecule has 58 valence electrons. The van der Waals surface area contributed by atoms with Gasteiger partial charge in [-0.1, -0.05) is 0 Å². The van der Waals surface area contributed by atoms with Crippen LogP contribution in [0.2, 0.25) is 0 Å². The van der Waals surface area contributed by atoms with Gasteiger partial charge in [-0.2, -0.15) is 0 Å². The third kappa shape index (κ3) is 1.39. The van der Waals surface area contributed by atoms with E-state index in [-0.39, 0.29) is 11.3 Å². The SMILES string of the molecule is O=C1CSC(c2nccs2)N1. The van der Waals surface area contributed by atoms with Crippen molar-refractivity contribution in [1.82, 2.24) is 10.3 Å². The van der Waals surface area contributed by atoms with Gasteiger partial charge in [0, 0.05) is 11.6 Å². The average molecular weight is 186 g/mol. The van der Waals surface area contributed by atoms with Crippen molar-refractivity contribution < 1.29 is 4.79 Å². The molecule has 1 aromatic heterocycles. The maximum absolute atomic E-state index is 10.8. The van der Waals surface area contributed by atoms with E-state index in [0.29, 0.717) is 5.75 Å². The van der Waals surface area contributed by atoms with E-state index in [0.717, 1.165) is 5.01 Å². The fourth-order valence-electron chi connectivity index (χ4n) is 0.886. The molecule has 1 aromatic rings. The Morgan fingerprint density at radius 3 is 3.18 bits per heavy atom. The summed E-state index contributed by atoms with van der Waals surface area (Å²) < 4.78 is 0. The number of hydrogen-bond acceptors (Lipinski definition) is 4. The Labute approximate surface area is 72.2 Å². The molecule has 1 unspecified atom stereocenters. The van der Waals surface area contributed by atoms with Gasteiger partial charge in [0.1, 0.15) is 10.4 Å². The lowest BCUT2D eigenvalue weighted by molar-refractivity contribution is -0.118. The Hall–Kier alpha value is -0.550. The number of amides is 1. The molecule has 2 heterocycles. The van der Waals surface area contributed by atoms with Crippen LogP contribution in [0, 0.1) is 0 Å². The minimum absolute atomic E-state index is 0.0995. The number of rotatable bonds is 1. The van der Waals surface area contributed by atoms with Crippen molar-refractivity contribution in [2.24, 2.45) is 0 Å². The zero-order valence-corrected chi connectivity index (χ0v) is 7.24. The first-order valence-electron chi connectivity index (χ1n) is 3.16. The number of aromatic nitrogens is 1. The fraction of sp³-hybridized carbons (Fsp3) is 0.333. The lowest BCUT2D eigenvalue weighted by Crippen LogP contribution is -2.18. The molecule has 1 N–H and O–H groups in total. The minimum atomic E-state index is 0.0995. The van der Waals surface area contributed by atoms with Crippen molar-refractivity contribution >= 4 is 29.0 Å². The van der Waals surface area contributed by atoms with E-state index in [2.05, 4.69) is 10.3 Å². The standard InChI is InChI=1S/C6H6N2OS2/c9-4-3-11-6(8-4)5-7-1-2-10-5/h1-2,6H,3H2,(H,8,9). The average Bonchev–Trinajstić information content (AvgIpc) is 2.55. The van der Waals surface area contributed by atoms with Crippen LogP contribution in [0.1, 0.15) is 10.4 Å². The molecule has 0 bridgehead atoms. The van der Waals surface area contributed by atoms with Crippen LogP contribution in [-0.4, -0.2) is 16.6 Å². The highest BCUT2D eigenvalue weighted by atomic mass is 32.2. The third-order valence-corrected chi connectivity index (χ3v) is 3.44. The molecule has 2 rings (SSSR count). The van der Waals surface area contributed by atoms with Gasteiger partial charge >= 0.3 is 0 Å². The number of nitrogens with zero attached hydrogens (tertiary/aromatic N) is 1. The van der Waals surface area contributed by atoms with Gasteiger partial charge in [0.25, 0.3) is 0 Å². The van der Waals surface area contributed by atoms with Crippen LogP contribution in [0.5, 0.6) is 0 Å². The second kappa shape index (κ2) is 2.83. The second-order valence-corrected chi connectivity index (χ2v) is 4.15. The molecule has 11 heavy (non-hydrogen) atoms. The molecule has 1 fully saturated rings. The Bertz CT molecular complexity index is 260. The van der Waals surface area contributed by atoms with Gasteiger partial charge in [0.05, 0.1) is 5.75 Å². The van der Waals surface area contributed by atoms with Crippen molar-refractivity contribution in [2.75, 3.05) is 5.75 Å². The lowest BCUT2D eigenvalue weighted by Gasteiger charge is -2.02. The summed E-state index contributed by atoms with van der Waals surface area (Å²) >= 11 is 3.17. The molecule has 0 spiro atoms. The van der Waals surface area contributed by atoms with E-state index >= 15 is 0 Å². The molecule has 1 aliphatic heterocycles. The fourth-order valence-corrected chi connectivity index (χ4v) is 2.64. The largest absolute Gasteiger partial charge is 0.337 e. The molecule has 1 amide bonds. The Balaban J connectivity index is 2.13. The highest BCUT2D eigenvalue weighted by molar-refractivity contribution is 8.00. The van der Waals surface area contributed by atoms with E-state index in [1.165, 1.54) is 0 Å². The van der Waals surface area contributed by atoms with E-state index in [1.807, 2.05) is 5.38 Å². The van der Waals surface area contributed by atoms with E-state index in [4.69, 9.17) is 0 Å². The van der Waals surface area contributed by atoms with Crippen molar-refractivity contribution in [3.05, 3.63) is 16.6 Å².